The Labute approximate surface area is 179 Å². The molecule has 3 aliphatic rings. The Morgan fingerprint density at radius 2 is 1.72 bits per heavy atom. The second-order valence-corrected chi connectivity index (χ2v) is 7.54. The van der Waals surface area contributed by atoms with Crippen LogP contribution < -0.4 is 16.0 Å². The van der Waals surface area contributed by atoms with Gasteiger partial charge in [0.2, 0.25) is 5.95 Å². The summed E-state index contributed by atoms with van der Waals surface area (Å²) in [5.74, 6) is 0.0208. The number of hydrogen-bond acceptors (Lipinski definition) is 5. The number of fused-ring (bicyclic) bond motifs is 5. The lowest BCUT2D eigenvalue weighted by atomic mass is 9.91. The Morgan fingerprint density at radius 3 is 2.38 bits per heavy atom. The molecule has 0 amide bonds. The molecule has 2 bridgehead atoms. The van der Waals surface area contributed by atoms with Crippen LogP contribution in [0.5, 0.6) is 0 Å². The van der Waals surface area contributed by atoms with Crippen LogP contribution in [0.2, 0.25) is 0 Å². The van der Waals surface area contributed by atoms with E-state index in [2.05, 4.69) is 32.0 Å². The molecule has 2 aliphatic heterocycles. The lowest BCUT2D eigenvalue weighted by Crippen LogP contribution is -2.29. The molecule has 1 saturated carbocycles. The molecule has 2 aromatic rings. The first kappa shape index (κ1) is 21.9. The summed E-state index contributed by atoms with van der Waals surface area (Å²) in [5.41, 5.74) is 2.54. The molecule has 1 aliphatic carbocycles. The summed E-state index contributed by atoms with van der Waals surface area (Å²) in [6.07, 6.45) is 1.40. The van der Waals surface area contributed by atoms with Gasteiger partial charge in [0.05, 0.1) is 0 Å². The predicted octanol–water partition coefficient (Wildman–Crippen LogP) is 5.53. The summed E-state index contributed by atoms with van der Waals surface area (Å²) < 4.78 is 39.8. The molecule has 1 saturated heterocycles. The van der Waals surface area contributed by atoms with Crippen molar-refractivity contribution in [2.75, 3.05) is 10.6 Å². The van der Waals surface area contributed by atoms with Gasteiger partial charge in [-0.05, 0) is 55.4 Å². The van der Waals surface area contributed by atoms with Crippen molar-refractivity contribution in [1.82, 2.24) is 15.3 Å². The topological polar surface area (TPSA) is 61.9 Å². The molecule has 0 spiro atoms. The first-order chi connectivity index (χ1) is 13.0. The number of alkyl halides is 3. The van der Waals surface area contributed by atoms with Crippen LogP contribution in [0.3, 0.4) is 0 Å². The van der Waals surface area contributed by atoms with Gasteiger partial charge in [0, 0.05) is 30.0 Å². The highest BCUT2D eigenvalue weighted by Crippen LogP contribution is 2.45. The molecule has 1 aromatic heterocycles. The summed E-state index contributed by atoms with van der Waals surface area (Å²) in [6.45, 7) is 0. The zero-order chi connectivity index (χ0) is 18.6. The van der Waals surface area contributed by atoms with Gasteiger partial charge in [-0.3, -0.25) is 0 Å². The van der Waals surface area contributed by atoms with Crippen LogP contribution in [0.25, 0.3) is 0 Å². The molecule has 29 heavy (non-hydrogen) atoms. The van der Waals surface area contributed by atoms with Gasteiger partial charge in [0.15, 0.2) is 0 Å². The predicted molar refractivity (Wildman–Crippen MR) is 110 cm³/mol. The highest BCUT2D eigenvalue weighted by molar-refractivity contribution is 5.85. The minimum Gasteiger partial charge on any atom is -0.367 e. The molecule has 3 N–H and O–H groups in total. The van der Waals surface area contributed by atoms with E-state index in [0.717, 1.165) is 44.0 Å². The Kier molecular flexibility index (Phi) is 6.17. The molecule has 10 heteroatoms. The Bertz CT molecular complexity index is 889. The Morgan fingerprint density at radius 1 is 1.00 bits per heavy atom. The lowest BCUT2D eigenvalue weighted by molar-refractivity contribution is -0.137. The fraction of sp³-hybridized carbons (Fsp3) is 0.474. The maximum atomic E-state index is 13.3. The Balaban J connectivity index is 0.00000120. The lowest BCUT2D eigenvalue weighted by Gasteiger charge is -2.28. The highest BCUT2D eigenvalue weighted by atomic mass is 35.5. The van der Waals surface area contributed by atoms with Crippen molar-refractivity contribution in [3.05, 3.63) is 41.1 Å². The van der Waals surface area contributed by atoms with E-state index in [9.17, 15) is 13.2 Å². The highest BCUT2D eigenvalue weighted by Gasteiger charge is 2.37. The Hall–Kier alpha value is -1.77. The summed E-state index contributed by atoms with van der Waals surface area (Å²) in [5, 5.41) is 9.54. The number of nitrogens with one attached hydrogen (secondary N) is 3. The van der Waals surface area contributed by atoms with Crippen LogP contribution in [-0.2, 0) is 6.18 Å². The number of aromatic nitrogens is 2. The van der Waals surface area contributed by atoms with Gasteiger partial charge in [-0.25, -0.2) is 4.98 Å². The van der Waals surface area contributed by atoms with E-state index in [4.69, 9.17) is 0 Å². The van der Waals surface area contributed by atoms with E-state index in [1.54, 1.807) is 0 Å². The van der Waals surface area contributed by atoms with Crippen molar-refractivity contribution in [2.24, 2.45) is 0 Å². The number of hydrogen-bond donors (Lipinski definition) is 3. The molecule has 0 radical (unpaired) electrons. The van der Waals surface area contributed by atoms with Gasteiger partial charge in [0.1, 0.15) is 11.4 Å². The molecular formula is C19H22Cl2F3N5. The van der Waals surface area contributed by atoms with Crippen LogP contribution in [0.4, 0.5) is 30.6 Å². The zero-order valence-electron chi connectivity index (χ0n) is 15.4. The maximum absolute atomic E-state index is 13.3. The summed E-state index contributed by atoms with van der Waals surface area (Å²) in [4.78, 5) is 8.02. The van der Waals surface area contributed by atoms with Gasteiger partial charge in [0.25, 0.3) is 0 Å². The molecule has 5 nitrogen and oxygen atoms in total. The standard InChI is InChI=1S/C19H20F3N5.2ClH/c20-19(21,22)14-9-23-18(27-17(14)24-10-2-1-3-10)25-11-4-5-12-13(8-11)16-7-6-15(12)26-16;;/h4-5,8-10,15-16,26H,1-3,6-7H2,(H2,23,24,25,27);2*1H/t15-,16+;;/m0../s1. The van der Waals surface area contributed by atoms with Crippen molar-refractivity contribution < 1.29 is 13.2 Å². The number of rotatable bonds is 4. The van der Waals surface area contributed by atoms with Gasteiger partial charge in [-0.2, -0.15) is 18.2 Å². The first-order valence-corrected chi connectivity index (χ1v) is 9.35. The van der Waals surface area contributed by atoms with Crippen molar-refractivity contribution in [1.29, 1.82) is 0 Å². The molecule has 1 aromatic carbocycles. The molecular weight excluding hydrogens is 426 g/mol. The van der Waals surface area contributed by atoms with Gasteiger partial charge in [-0.1, -0.05) is 6.07 Å². The van der Waals surface area contributed by atoms with E-state index in [0.29, 0.717) is 12.1 Å². The first-order valence-electron chi connectivity index (χ1n) is 9.35. The fourth-order valence-electron chi connectivity index (χ4n) is 4.14. The fourth-order valence-corrected chi connectivity index (χ4v) is 4.14. The maximum Gasteiger partial charge on any atom is 0.421 e. The third-order valence-electron chi connectivity index (χ3n) is 5.78. The van der Waals surface area contributed by atoms with Gasteiger partial charge in [-0.15, -0.1) is 24.8 Å². The molecule has 0 unspecified atom stereocenters. The molecule has 5 rings (SSSR count). The van der Waals surface area contributed by atoms with Crippen LogP contribution in [0.1, 0.15) is 60.9 Å². The van der Waals surface area contributed by atoms with Crippen molar-refractivity contribution in [3.8, 4) is 0 Å². The van der Waals surface area contributed by atoms with Crippen LogP contribution >= 0.6 is 24.8 Å². The summed E-state index contributed by atoms with van der Waals surface area (Å²) in [6, 6.07) is 6.91. The molecule has 158 valence electrons. The number of anilines is 3. The van der Waals surface area contributed by atoms with Crippen molar-refractivity contribution in [2.45, 2.75) is 56.4 Å². The van der Waals surface area contributed by atoms with Crippen molar-refractivity contribution >= 4 is 42.3 Å². The number of nitrogens with zero attached hydrogens (tertiary/aromatic N) is 2. The monoisotopic (exact) mass is 447 g/mol. The van der Waals surface area contributed by atoms with E-state index >= 15 is 0 Å². The largest absolute Gasteiger partial charge is 0.421 e. The smallest absolute Gasteiger partial charge is 0.367 e. The van der Waals surface area contributed by atoms with Crippen molar-refractivity contribution in [3.63, 3.8) is 0 Å². The van der Waals surface area contributed by atoms with E-state index in [-0.39, 0.29) is 42.6 Å². The van der Waals surface area contributed by atoms with E-state index in [1.807, 2.05) is 12.1 Å². The van der Waals surface area contributed by atoms with Gasteiger partial charge >= 0.3 is 6.18 Å². The average molecular weight is 448 g/mol. The normalized spacial score (nSPS) is 22.2. The third kappa shape index (κ3) is 4.11. The third-order valence-corrected chi connectivity index (χ3v) is 5.78. The van der Waals surface area contributed by atoms with Crippen LogP contribution in [-0.4, -0.2) is 16.0 Å². The SMILES string of the molecule is Cl.Cl.FC(F)(F)c1cnc(Nc2ccc3c(c2)[C@H]2CC[C@@H]3N2)nc1NC1CCC1. The second kappa shape index (κ2) is 8.16. The second-order valence-electron chi connectivity index (χ2n) is 7.54. The van der Waals surface area contributed by atoms with E-state index < -0.39 is 11.7 Å². The zero-order valence-corrected chi connectivity index (χ0v) is 17.1. The minimum absolute atomic E-state index is 0. The summed E-state index contributed by atoms with van der Waals surface area (Å²) >= 11 is 0. The van der Waals surface area contributed by atoms with Crippen LogP contribution in [0.15, 0.2) is 24.4 Å². The molecule has 3 heterocycles. The van der Waals surface area contributed by atoms with E-state index in [1.165, 1.54) is 11.1 Å². The quantitative estimate of drug-likeness (QED) is 0.575. The van der Waals surface area contributed by atoms with Crippen LogP contribution in [0, 0.1) is 0 Å². The summed E-state index contributed by atoms with van der Waals surface area (Å²) in [7, 11) is 0. The molecule has 2 atom stereocenters. The minimum atomic E-state index is -4.48. The number of halogens is 5. The number of benzene rings is 1. The molecule has 2 fully saturated rings. The average Bonchev–Trinajstić information content (AvgIpc) is 3.19. The van der Waals surface area contributed by atoms with Gasteiger partial charge < -0.3 is 16.0 Å².